The molecule has 222 valence electrons. The van der Waals surface area contributed by atoms with E-state index in [1.807, 2.05) is 38.2 Å². The number of anilines is 1. The SMILES string of the molecule is CCN(CCNCC(=O)NC(C)C)[C@H]1C[C@@H](c2nc(-c3ccc4ccc(-c5ccccc5)nc4c3)c3c(N)nccn32)C1. The largest absolute Gasteiger partial charge is 0.382 e. The van der Waals surface area contributed by atoms with Crippen LogP contribution in [-0.4, -0.2) is 68.4 Å². The normalized spacial score (nSPS) is 16.7. The number of likely N-dealkylation sites (N-methyl/N-ethyl adjacent to an activating group) is 1. The van der Waals surface area contributed by atoms with Crippen LogP contribution in [-0.2, 0) is 4.79 Å². The van der Waals surface area contributed by atoms with E-state index in [1.165, 1.54) is 0 Å². The van der Waals surface area contributed by atoms with Gasteiger partial charge in [0.1, 0.15) is 22.9 Å². The van der Waals surface area contributed by atoms with Gasteiger partial charge in [0.05, 0.1) is 17.8 Å². The van der Waals surface area contributed by atoms with Crippen molar-refractivity contribution in [1.29, 1.82) is 0 Å². The lowest BCUT2D eigenvalue weighted by atomic mass is 9.78. The molecule has 9 heteroatoms. The molecular formula is C34H40N8O. The molecule has 0 unspecified atom stereocenters. The Balaban J connectivity index is 1.20. The van der Waals surface area contributed by atoms with E-state index < -0.39 is 0 Å². The van der Waals surface area contributed by atoms with Gasteiger partial charge in [0.15, 0.2) is 0 Å². The highest BCUT2D eigenvalue weighted by atomic mass is 16.1. The van der Waals surface area contributed by atoms with Crippen LogP contribution in [0.4, 0.5) is 5.82 Å². The number of benzene rings is 2. The van der Waals surface area contributed by atoms with Gasteiger partial charge in [-0.2, -0.15) is 0 Å². The number of rotatable bonds is 11. The molecular weight excluding hydrogens is 536 g/mol. The van der Waals surface area contributed by atoms with E-state index in [2.05, 4.69) is 74.3 Å². The summed E-state index contributed by atoms with van der Waals surface area (Å²) in [5, 5.41) is 7.28. The van der Waals surface area contributed by atoms with Gasteiger partial charge in [-0.1, -0.05) is 55.5 Å². The first kappa shape index (κ1) is 28.8. The average molecular weight is 577 g/mol. The van der Waals surface area contributed by atoms with Crippen molar-refractivity contribution in [3.8, 4) is 22.5 Å². The summed E-state index contributed by atoms with van der Waals surface area (Å²) in [5.41, 5.74) is 12.1. The van der Waals surface area contributed by atoms with E-state index in [9.17, 15) is 4.79 Å². The fourth-order valence-electron chi connectivity index (χ4n) is 6.10. The second-order valence-corrected chi connectivity index (χ2v) is 11.7. The van der Waals surface area contributed by atoms with Gasteiger partial charge in [-0.15, -0.1) is 0 Å². The Hall–Kier alpha value is -4.34. The smallest absolute Gasteiger partial charge is 0.234 e. The van der Waals surface area contributed by atoms with Crippen LogP contribution >= 0.6 is 0 Å². The predicted octanol–water partition coefficient (Wildman–Crippen LogP) is 4.88. The topological polar surface area (TPSA) is 113 Å². The minimum absolute atomic E-state index is 0.0383. The predicted molar refractivity (Wildman–Crippen MR) is 173 cm³/mol. The summed E-state index contributed by atoms with van der Waals surface area (Å²) in [6, 6.07) is 21.4. The summed E-state index contributed by atoms with van der Waals surface area (Å²) in [5.74, 6) is 1.87. The minimum Gasteiger partial charge on any atom is -0.382 e. The molecule has 0 atom stereocenters. The summed E-state index contributed by atoms with van der Waals surface area (Å²) in [4.78, 5) is 29.0. The van der Waals surface area contributed by atoms with Gasteiger partial charge in [-0.3, -0.25) is 14.1 Å². The molecule has 5 aromatic rings. The average Bonchev–Trinajstić information content (AvgIpc) is 3.37. The van der Waals surface area contributed by atoms with E-state index >= 15 is 0 Å². The van der Waals surface area contributed by atoms with Crippen molar-refractivity contribution < 1.29 is 4.79 Å². The molecule has 6 rings (SSSR count). The Labute approximate surface area is 252 Å². The van der Waals surface area contributed by atoms with E-state index in [-0.39, 0.29) is 11.9 Å². The maximum absolute atomic E-state index is 11.9. The molecule has 0 radical (unpaired) electrons. The number of nitrogens with two attached hydrogens (primary N) is 1. The number of pyridine rings is 1. The van der Waals surface area contributed by atoms with E-state index in [4.69, 9.17) is 15.7 Å². The van der Waals surface area contributed by atoms with Crippen molar-refractivity contribution >= 4 is 28.1 Å². The third kappa shape index (κ3) is 6.09. The van der Waals surface area contributed by atoms with Gasteiger partial charge < -0.3 is 16.4 Å². The lowest BCUT2D eigenvalue weighted by Gasteiger charge is -2.42. The van der Waals surface area contributed by atoms with Crippen molar-refractivity contribution in [2.24, 2.45) is 0 Å². The maximum Gasteiger partial charge on any atom is 0.234 e. The van der Waals surface area contributed by atoms with E-state index in [0.717, 1.165) is 77.2 Å². The number of imidazole rings is 1. The molecule has 1 saturated carbocycles. The molecule has 43 heavy (non-hydrogen) atoms. The van der Waals surface area contributed by atoms with Gasteiger partial charge in [0, 0.05) is 60.0 Å². The van der Waals surface area contributed by atoms with E-state index in [0.29, 0.717) is 24.3 Å². The lowest BCUT2D eigenvalue weighted by molar-refractivity contribution is -0.120. The quantitative estimate of drug-likeness (QED) is 0.192. The summed E-state index contributed by atoms with van der Waals surface area (Å²) >= 11 is 0. The molecule has 1 aliphatic carbocycles. The molecule has 1 fully saturated rings. The van der Waals surface area contributed by atoms with Crippen LogP contribution in [0.3, 0.4) is 0 Å². The Morgan fingerprint density at radius 3 is 2.63 bits per heavy atom. The lowest BCUT2D eigenvalue weighted by Crippen LogP contribution is -2.47. The molecule has 0 spiro atoms. The molecule has 4 N–H and O–H groups in total. The molecule has 1 aliphatic rings. The number of hydrogen-bond acceptors (Lipinski definition) is 7. The molecule has 2 aromatic carbocycles. The molecule has 0 aliphatic heterocycles. The fourth-order valence-corrected chi connectivity index (χ4v) is 6.10. The molecule has 1 amide bonds. The van der Waals surface area contributed by atoms with Gasteiger partial charge >= 0.3 is 0 Å². The minimum atomic E-state index is 0.0383. The first-order valence-electron chi connectivity index (χ1n) is 15.2. The summed E-state index contributed by atoms with van der Waals surface area (Å²) < 4.78 is 2.13. The van der Waals surface area contributed by atoms with Crippen LogP contribution in [0.25, 0.3) is 38.9 Å². The Bertz CT molecular complexity index is 1730. The number of hydrogen-bond donors (Lipinski definition) is 3. The third-order valence-corrected chi connectivity index (χ3v) is 8.36. The fraction of sp³-hybridized carbons (Fsp3) is 0.353. The number of nitrogen functional groups attached to an aromatic ring is 1. The van der Waals surface area contributed by atoms with Gasteiger partial charge in [-0.05, 0) is 45.4 Å². The van der Waals surface area contributed by atoms with Crippen molar-refractivity contribution in [2.45, 2.75) is 51.6 Å². The number of amides is 1. The van der Waals surface area contributed by atoms with Crippen molar-refractivity contribution in [3.63, 3.8) is 0 Å². The zero-order valence-corrected chi connectivity index (χ0v) is 25.1. The first-order valence-corrected chi connectivity index (χ1v) is 15.2. The number of fused-ring (bicyclic) bond motifs is 2. The Morgan fingerprint density at radius 1 is 1.07 bits per heavy atom. The van der Waals surface area contributed by atoms with Crippen LogP contribution in [0.15, 0.2) is 73.1 Å². The Kier molecular flexibility index (Phi) is 8.35. The van der Waals surface area contributed by atoms with Gasteiger partial charge in [0.2, 0.25) is 5.91 Å². The molecule has 9 nitrogen and oxygen atoms in total. The standard InChI is InChI=1S/C34H40N8O/c1-4-41(16-14-36-21-30(43)38-22(2)3)27-18-26(19-27)34-40-31(32-33(35)37-15-17-42(32)34)25-11-10-24-12-13-28(39-29(24)20-25)23-8-6-5-7-9-23/h5-13,15,17,20,22,26-27,36H,4,14,16,18-19,21H2,1-3H3,(H2,35,37)(H,38,43)/t26-,27+. The van der Waals surface area contributed by atoms with Crippen LogP contribution in [0.5, 0.6) is 0 Å². The molecule has 0 saturated heterocycles. The molecule has 3 aromatic heterocycles. The summed E-state index contributed by atoms with van der Waals surface area (Å²) in [7, 11) is 0. The molecule has 3 heterocycles. The Morgan fingerprint density at radius 2 is 1.86 bits per heavy atom. The second-order valence-electron chi connectivity index (χ2n) is 11.7. The number of carbonyl (C=O) groups is 1. The van der Waals surface area contributed by atoms with E-state index in [1.54, 1.807) is 6.20 Å². The number of nitrogens with zero attached hydrogens (tertiary/aromatic N) is 5. The van der Waals surface area contributed by atoms with Crippen molar-refractivity contribution in [3.05, 3.63) is 78.9 Å². The van der Waals surface area contributed by atoms with Crippen molar-refractivity contribution in [1.82, 2.24) is 34.9 Å². The second kappa shape index (κ2) is 12.5. The zero-order chi connectivity index (χ0) is 29.9. The van der Waals surface area contributed by atoms with Crippen molar-refractivity contribution in [2.75, 3.05) is 31.9 Å². The number of carbonyl (C=O) groups excluding carboxylic acids is 1. The first-order chi connectivity index (χ1) is 20.9. The van der Waals surface area contributed by atoms with Gasteiger partial charge in [-0.25, -0.2) is 15.0 Å². The highest BCUT2D eigenvalue weighted by molar-refractivity contribution is 5.91. The van der Waals surface area contributed by atoms with Crippen LogP contribution < -0.4 is 16.4 Å². The highest BCUT2D eigenvalue weighted by Gasteiger charge is 2.37. The summed E-state index contributed by atoms with van der Waals surface area (Å²) in [6.07, 6.45) is 5.78. The zero-order valence-electron chi connectivity index (χ0n) is 25.1. The monoisotopic (exact) mass is 576 g/mol. The van der Waals surface area contributed by atoms with Crippen LogP contribution in [0.2, 0.25) is 0 Å². The third-order valence-electron chi connectivity index (χ3n) is 8.36. The summed E-state index contributed by atoms with van der Waals surface area (Å²) in [6.45, 7) is 9.15. The highest BCUT2D eigenvalue weighted by Crippen LogP contribution is 2.42. The van der Waals surface area contributed by atoms with Crippen LogP contribution in [0, 0.1) is 0 Å². The maximum atomic E-state index is 11.9. The van der Waals surface area contributed by atoms with Crippen LogP contribution in [0.1, 0.15) is 45.4 Å². The number of aromatic nitrogens is 4. The van der Waals surface area contributed by atoms with Gasteiger partial charge in [0.25, 0.3) is 0 Å². The number of nitrogens with one attached hydrogen (secondary N) is 2. The molecule has 0 bridgehead atoms.